The van der Waals surface area contributed by atoms with E-state index in [1.54, 1.807) is 6.92 Å². The smallest absolute Gasteiger partial charge is 0.417 e. The molecule has 0 unspecified atom stereocenters. The predicted octanol–water partition coefficient (Wildman–Crippen LogP) is 2.16. The molecule has 0 aliphatic carbocycles. The van der Waals surface area contributed by atoms with Crippen molar-refractivity contribution in [1.82, 2.24) is 0 Å². The molecule has 0 radical (unpaired) electrons. The number of carbonyl (C=O) groups is 2. The summed E-state index contributed by atoms with van der Waals surface area (Å²) in [4.78, 5) is 23.3. The number of hydrogen-bond donors (Lipinski definition) is 0. The summed E-state index contributed by atoms with van der Waals surface area (Å²) >= 11 is 0. The summed E-state index contributed by atoms with van der Waals surface area (Å²) < 4.78 is 22.1. The Morgan fingerprint density at radius 3 is 1.64 bits per heavy atom. The Labute approximate surface area is 133 Å². The average Bonchev–Trinajstić information content (AvgIpc) is 2.53. The predicted molar refractivity (Wildman–Crippen MR) is 85.2 cm³/mol. The summed E-state index contributed by atoms with van der Waals surface area (Å²) in [6, 6.07) is 0. The van der Waals surface area contributed by atoms with Crippen LogP contribution in [0.3, 0.4) is 0 Å². The molecule has 0 rings (SSSR count). The molecule has 0 spiro atoms. The van der Waals surface area contributed by atoms with Crippen LogP contribution >= 0.6 is 0 Å². The second-order valence-electron chi connectivity index (χ2n) is 4.49. The van der Waals surface area contributed by atoms with Crippen LogP contribution in [0.25, 0.3) is 0 Å². The van der Waals surface area contributed by atoms with E-state index in [0.717, 1.165) is 25.0 Å². The molecule has 7 heteroatoms. The molecule has 0 aromatic carbocycles. The Morgan fingerprint density at radius 2 is 1.36 bits per heavy atom. The van der Waals surface area contributed by atoms with Gasteiger partial charge in [-0.05, 0) is 12.8 Å². The minimum Gasteiger partial charge on any atom is -0.418 e. The maximum absolute atomic E-state index is 11.7. The van der Waals surface area contributed by atoms with Gasteiger partial charge in [0.15, 0.2) is 0 Å². The van der Waals surface area contributed by atoms with Crippen LogP contribution in [0.5, 0.6) is 0 Å². The highest BCUT2D eigenvalue weighted by Gasteiger charge is 2.49. The fourth-order valence-electron chi connectivity index (χ4n) is 1.60. The van der Waals surface area contributed by atoms with Crippen molar-refractivity contribution >= 4 is 21.2 Å². The molecule has 6 nitrogen and oxygen atoms in total. The van der Waals surface area contributed by atoms with Gasteiger partial charge in [-0.2, -0.15) is 0 Å². The van der Waals surface area contributed by atoms with Gasteiger partial charge < -0.3 is 18.3 Å². The second kappa shape index (κ2) is 11.2. The molecular formula is C15H26O6Si. The van der Waals surface area contributed by atoms with Gasteiger partial charge >= 0.3 is 21.2 Å². The molecule has 0 saturated heterocycles. The largest absolute Gasteiger partial charge is 0.418 e. The molecule has 0 bridgehead atoms. The molecule has 0 aliphatic heterocycles. The van der Waals surface area contributed by atoms with E-state index in [1.807, 2.05) is 13.8 Å². The van der Waals surface area contributed by atoms with Crippen molar-refractivity contribution in [2.75, 3.05) is 13.2 Å². The normalized spacial score (nSPS) is 11.1. The van der Waals surface area contributed by atoms with Gasteiger partial charge in [-0.15, -0.1) is 0 Å². The number of rotatable bonds is 12. The third-order valence-corrected chi connectivity index (χ3v) is 5.12. The Hall–Kier alpha value is -1.44. The van der Waals surface area contributed by atoms with E-state index in [9.17, 15) is 9.59 Å². The maximum Gasteiger partial charge on any atom is 0.417 e. The highest BCUT2D eigenvalue weighted by Crippen LogP contribution is 2.25. The second-order valence-corrected chi connectivity index (χ2v) is 6.70. The lowest BCUT2D eigenvalue weighted by atomic mass is 10.4. The van der Waals surface area contributed by atoms with Gasteiger partial charge in [-0.3, -0.25) is 0 Å². The first-order valence-electron chi connectivity index (χ1n) is 7.43. The van der Waals surface area contributed by atoms with E-state index in [2.05, 4.69) is 13.2 Å². The van der Waals surface area contributed by atoms with E-state index >= 15 is 0 Å². The first kappa shape index (κ1) is 20.6. The van der Waals surface area contributed by atoms with Gasteiger partial charge in [0.25, 0.3) is 5.41 Å². The Balaban J connectivity index is 5.46. The van der Waals surface area contributed by atoms with Gasteiger partial charge in [0, 0.05) is 31.8 Å². The molecule has 0 amide bonds. The first-order chi connectivity index (χ1) is 10.5. The van der Waals surface area contributed by atoms with Crippen LogP contribution in [-0.4, -0.2) is 39.8 Å². The molecule has 22 heavy (non-hydrogen) atoms. The molecule has 0 aromatic heterocycles. The van der Waals surface area contributed by atoms with Gasteiger partial charge in [0.1, 0.15) is 0 Å². The molecule has 0 fully saturated rings. The number of carbonyl (C=O) groups excluding carboxylic acids is 2. The molecule has 126 valence electrons. The lowest BCUT2D eigenvalue weighted by Crippen LogP contribution is -2.55. The summed E-state index contributed by atoms with van der Waals surface area (Å²) in [5.74, 6) is -1.40. The molecule has 0 aliphatic rings. The van der Waals surface area contributed by atoms with E-state index < -0.39 is 26.6 Å². The van der Waals surface area contributed by atoms with E-state index in [-0.39, 0.29) is 6.42 Å². The zero-order valence-electron chi connectivity index (χ0n) is 13.6. The highest BCUT2D eigenvalue weighted by molar-refractivity contribution is 6.48. The van der Waals surface area contributed by atoms with E-state index in [0.29, 0.717) is 13.2 Å². The van der Waals surface area contributed by atoms with Crippen molar-refractivity contribution in [1.29, 1.82) is 0 Å². The minimum atomic E-state index is -2.64. The monoisotopic (exact) mass is 330 g/mol. The Bertz CT molecular complexity index is 352. The van der Waals surface area contributed by atoms with E-state index in [4.69, 9.17) is 18.3 Å². The molecular weight excluding hydrogens is 304 g/mol. The van der Waals surface area contributed by atoms with Gasteiger partial charge in [-0.25, -0.2) is 9.59 Å². The average molecular weight is 330 g/mol. The van der Waals surface area contributed by atoms with Crippen LogP contribution in [0.15, 0.2) is 25.3 Å². The summed E-state index contributed by atoms with van der Waals surface area (Å²) in [7, 11) is -2.64. The standard InChI is InChI=1S/C15H26O6Si/c1-6-11-18-22(19-12-7-2)15(10-5,20-13(16)8-3)21-14(17)9-4/h8-9,22H,3-4,6-7,10-12H2,1-2,5H3. The molecule has 0 aromatic rings. The van der Waals surface area contributed by atoms with Crippen molar-refractivity contribution in [2.24, 2.45) is 0 Å². The molecule has 0 saturated carbocycles. The van der Waals surface area contributed by atoms with Gasteiger partial charge in [0.05, 0.1) is 0 Å². The van der Waals surface area contributed by atoms with Crippen molar-refractivity contribution in [3.8, 4) is 0 Å². The minimum absolute atomic E-state index is 0.219. The summed E-state index contributed by atoms with van der Waals surface area (Å²) in [5, 5.41) is 0. The molecule has 0 N–H and O–H groups in total. The number of hydrogen-bond acceptors (Lipinski definition) is 6. The van der Waals surface area contributed by atoms with Crippen molar-refractivity contribution in [3.05, 3.63) is 25.3 Å². The quantitative estimate of drug-likeness (QED) is 0.236. The fraction of sp³-hybridized carbons (Fsp3) is 0.600. The maximum atomic E-state index is 11.7. The summed E-state index contributed by atoms with van der Waals surface area (Å²) in [6.45, 7) is 13.2. The van der Waals surface area contributed by atoms with Crippen LogP contribution in [-0.2, 0) is 27.9 Å². The lowest BCUT2D eigenvalue weighted by Gasteiger charge is -2.35. The van der Waals surface area contributed by atoms with Crippen LogP contribution < -0.4 is 0 Å². The third kappa shape index (κ3) is 6.55. The van der Waals surface area contributed by atoms with Crippen molar-refractivity contribution in [2.45, 2.75) is 45.4 Å². The topological polar surface area (TPSA) is 71.1 Å². The zero-order valence-corrected chi connectivity index (χ0v) is 14.8. The number of esters is 2. The highest BCUT2D eigenvalue weighted by atomic mass is 28.3. The lowest BCUT2D eigenvalue weighted by molar-refractivity contribution is -0.204. The van der Waals surface area contributed by atoms with Crippen LogP contribution in [0.4, 0.5) is 0 Å². The fourth-order valence-corrected chi connectivity index (χ4v) is 3.87. The Kier molecular flexibility index (Phi) is 10.4. The SMILES string of the molecule is C=CC(=O)OC(CC)(OC(=O)C=C)[SiH](OCCC)OCCC. The van der Waals surface area contributed by atoms with Gasteiger partial charge in [-0.1, -0.05) is 33.9 Å². The molecule has 0 atom stereocenters. The Morgan fingerprint density at radius 1 is 0.955 bits per heavy atom. The molecule has 0 heterocycles. The number of ether oxygens (including phenoxy) is 2. The van der Waals surface area contributed by atoms with Crippen LogP contribution in [0, 0.1) is 0 Å². The zero-order chi connectivity index (χ0) is 17.0. The van der Waals surface area contributed by atoms with E-state index in [1.165, 1.54) is 0 Å². The summed E-state index contributed by atoms with van der Waals surface area (Å²) in [5.41, 5.74) is -1.54. The van der Waals surface area contributed by atoms with Crippen molar-refractivity contribution in [3.63, 3.8) is 0 Å². The van der Waals surface area contributed by atoms with Crippen LogP contribution in [0.2, 0.25) is 0 Å². The summed E-state index contributed by atoms with van der Waals surface area (Å²) in [6.07, 6.45) is 3.78. The first-order valence-corrected chi connectivity index (χ1v) is 8.95. The van der Waals surface area contributed by atoms with Gasteiger partial charge in [0.2, 0.25) is 0 Å². The van der Waals surface area contributed by atoms with Crippen LogP contribution in [0.1, 0.15) is 40.0 Å². The third-order valence-electron chi connectivity index (χ3n) is 2.68. The van der Waals surface area contributed by atoms with Crippen molar-refractivity contribution < 1.29 is 27.9 Å².